The van der Waals surface area contributed by atoms with E-state index in [0.717, 1.165) is 0 Å². The zero-order valence-corrected chi connectivity index (χ0v) is 15.5. The van der Waals surface area contributed by atoms with Crippen molar-refractivity contribution in [1.82, 2.24) is 4.90 Å². The third-order valence-electron chi connectivity index (χ3n) is 7.33. The molecule has 2 heterocycles. The Morgan fingerprint density at radius 1 is 0.917 bits per heavy atom. The van der Waals surface area contributed by atoms with Crippen molar-refractivity contribution in [2.24, 2.45) is 0 Å². The Hall–Kier alpha value is -1.60. The smallest absolute Gasteiger partial charge is 0.0182 e. The maximum absolute atomic E-state index is 2.66. The summed E-state index contributed by atoms with van der Waals surface area (Å²) in [5.41, 5.74) is 6.46. The molecule has 0 amide bonds. The maximum Gasteiger partial charge on any atom is 0.0182 e. The minimum absolute atomic E-state index is 0.321. The van der Waals surface area contributed by atoms with Crippen molar-refractivity contribution in [3.8, 4) is 11.1 Å². The summed E-state index contributed by atoms with van der Waals surface area (Å²) in [6.07, 6.45) is 5.30. The van der Waals surface area contributed by atoms with Crippen LogP contribution in [0.5, 0.6) is 0 Å². The molecule has 126 valence electrons. The van der Waals surface area contributed by atoms with Gasteiger partial charge in [-0.15, -0.1) is 0 Å². The minimum atomic E-state index is 0.321. The lowest BCUT2D eigenvalue weighted by Crippen LogP contribution is -2.66. The number of benzene rings is 2. The fourth-order valence-electron chi connectivity index (χ4n) is 5.31. The minimum Gasteiger partial charge on any atom is -0.297 e. The molecule has 2 aromatic rings. The van der Waals surface area contributed by atoms with E-state index < -0.39 is 0 Å². The molecule has 2 saturated heterocycles. The number of fused-ring (bicyclic) bond motifs is 3. The van der Waals surface area contributed by atoms with Gasteiger partial charge >= 0.3 is 0 Å². The van der Waals surface area contributed by atoms with Crippen LogP contribution in [0.4, 0.5) is 0 Å². The fraction of sp³-hybridized carbons (Fsp3) is 0.478. The predicted octanol–water partition coefficient (Wildman–Crippen LogP) is 5.57. The van der Waals surface area contributed by atoms with E-state index >= 15 is 0 Å². The van der Waals surface area contributed by atoms with Crippen LogP contribution < -0.4 is 0 Å². The first-order chi connectivity index (χ1) is 11.5. The summed E-state index contributed by atoms with van der Waals surface area (Å²) in [7, 11) is 2.34. The summed E-state index contributed by atoms with van der Waals surface area (Å²) in [6, 6.07) is 18.5. The summed E-state index contributed by atoms with van der Waals surface area (Å²) >= 11 is 0. The summed E-state index contributed by atoms with van der Waals surface area (Å²) in [5, 5.41) is 0. The highest BCUT2D eigenvalue weighted by atomic mass is 15.2. The number of aryl methyl sites for hydroxylation is 1. The van der Waals surface area contributed by atoms with E-state index in [-0.39, 0.29) is 0 Å². The average molecular weight is 319 g/mol. The number of likely N-dealkylation sites (N-methyl/N-ethyl adjacent to an activating group) is 1. The molecule has 1 atom stereocenters. The fourth-order valence-corrected chi connectivity index (χ4v) is 5.31. The molecule has 0 spiro atoms. The van der Waals surface area contributed by atoms with E-state index in [1.54, 1.807) is 5.56 Å². The zero-order chi connectivity index (χ0) is 16.9. The molecule has 2 aliphatic heterocycles. The Labute approximate surface area is 146 Å². The van der Waals surface area contributed by atoms with Crippen LogP contribution in [0.3, 0.4) is 0 Å². The van der Waals surface area contributed by atoms with Gasteiger partial charge in [-0.1, -0.05) is 48.5 Å². The molecule has 1 heteroatoms. The molecule has 1 nitrogen and oxygen atoms in total. The van der Waals surface area contributed by atoms with E-state index in [1.807, 2.05) is 0 Å². The van der Waals surface area contributed by atoms with E-state index in [2.05, 4.69) is 81.2 Å². The van der Waals surface area contributed by atoms with Crippen LogP contribution in [-0.2, 0) is 5.41 Å². The number of hydrogen-bond donors (Lipinski definition) is 0. The van der Waals surface area contributed by atoms with Crippen LogP contribution in [0.25, 0.3) is 11.1 Å². The Bertz CT molecular complexity index is 738. The van der Waals surface area contributed by atoms with Gasteiger partial charge in [0.2, 0.25) is 0 Å². The zero-order valence-electron chi connectivity index (χ0n) is 15.5. The largest absolute Gasteiger partial charge is 0.297 e. The van der Waals surface area contributed by atoms with E-state index in [0.29, 0.717) is 17.0 Å². The van der Waals surface area contributed by atoms with Gasteiger partial charge in [-0.2, -0.15) is 0 Å². The van der Waals surface area contributed by atoms with Crippen LogP contribution in [0.2, 0.25) is 0 Å². The van der Waals surface area contributed by atoms with E-state index in [4.69, 9.17) is 0 Å². The normalized spacial score (nSPS) is 32.9. The number of hydrogen-bond acceptors (Lipinski definition) is 1. The highest BCUT2D eigenvalue weighted by Gasteiger charge is 2.54. The lowest BCUT2D eigenvalue weighted by Gasteiger charge is -2.62. The molecule has 1 aliphatic carbocycles. The molecular formula is C23H29N. The van der Waals surface area contributed by atoms with Crippen molar-refractivity contribution in [3.05, 3.63) is 59.7 Å². The first kappa shape index (κ1) is 15.9. The first-order valence-electron chi connectivity index (χ1n) is 9.36. The average Bonchev–Trinajstić information content (AvgIpc) is 2.61. The van der Waals surface area contributed by atoms with Crippen molar-refractivity contribution in [1.29, 1.82) is 0 Å². The molecule has 2 bridgehead atoms. The number of nitrogens with zero attached hydrogens (tertiary/aromatic N) is 1. The Kier molecular flexibility index (Phi) is 3.61. The molecule has 3 aliphatic rings. The topological polar surface area (TPSA) is 3.24 Å². The van der Waals surface area contributed by atoms with Gasteiger partial charge in [0.1, 0.15) is 0 Å². The second-order valence-corrected chi connectivity index (χ2v) is 8.34. The summed E-state index contributed by atoms with van der Waals surface area (Å²) in [4.78, 5) is 2.66. The standard InChI is InChI=1S/C23H29N/c1-17-10-11-20(19-8-6-5-7-9-19)16-21(17)23-14-12-22(3,13-15-23)24(4)18(23)2/h5-11,16,18H,12-15H2,1-4H3. The predicted molar refractivity (Wildman–Crippen MR) is 102 cm³/mol. The summed E-state index contributed by atoms with van der Waals surface area (Å²) in [6.45, 7) is 7.21. The highest BCUT2D eigenvalue weighted by Crippen LogP contribution is 2.55. The molecule has 24 heavy (non-hydrogen) atoms. The van der Waals surface area contributed by atoms with Gasteiger partial charge in [-0.25, -0.2) is 0 Å². The third kappa shape index (κ3) is 2.18. The molecule has 5 rings (SSSR count). The Morgan fingerprint density at radius 3 is 2.25 bits per heavy atom. The van der Waals surface area contributed by atoms with Crippen LogP contribution in [-0.4, -0.2) is 23.5 Å². The lowest BCUT2D eigenvalue weighted by molar-refractivity contribution is -0.0669. The van der Waals surface area contributed by atoms with Gasteiger partial charge in [-0.3, -0.25) is 4.90 Å². The monoisotopic (exact) mass is 319 g/mol. The lowest BCUT2D eigenvalue weighted by atomic mass is 9.55. The van der Waals surface area contributed by atoms with Crippen LogP contribution in [0.15, 0.2) is 48.5 Å². The van der Waals surface area contributed by atoms with Gasteiger partial charge in [0.05, 0.1) is 0 Å². The molecule has 3 fully saturated rings. The molecule has 1 unspecified atom stereocenters. The second-order valence-electron chi connectivity index (χ2n) is 8.34. The molecule has 1 saturated carbocycles. The van der Waals surface area contributed by atoms with Crippen molar-refractivity contribution >= 4 is 0 Å². The quantitative estimate of drug-likeness (QED) is 0.700. The molecular weight excluding hydrogens is 290 g/mol. The molecule has 0 N–H and O–H groups in total. The third-order valence-corrected chi connectivity index (χ3v) is 7.33. The maximum atomic E-state index is 2.66. The van der Waals surface area contributed by atoms with Crippen molar-refractivity contribution in [2.45, 2.75) is 63.5 Å². The van der Waals surface area contributed by atoms with E-state index in [9.17, 15) is 0 Å². The number of rotatable bonds is 2. The number of piperidine rings is 2. The first-order valence-corrected chi connectivity index (χ1v) is 9.36. The summed E-state index contributed by atoms with van der Waals surface area (Å²) < 4.78 is 0. The molecule has 0 aromatic heterocycles. The second kappa shape index (κ2) is 5.46. The van der Waals surface area contributed by atoms with Crippen LogP contribution in [0.1, 0.15) is 50.7 Å². The van der Waals surface area contributed by atoms with Gasteiger partial charge < -0.3 is 0 Å². The Balaban J connectivity index is 1.82. The SMILES string of the molecule is Cc1ccc(-c2ccccc2)cc1C12CCC(C)(CC1)N(C)C2C. The Morgan fingerprint density at radius 2 is 1.58 bits per heavy atom. The van der Waals surface area contributed by atoms with Crippen LogP contribution >= 0.6 is 0 Å². The highest BCUT2D eigenvalue weighted by molar-refractivity contribution is 5.65. The molecule has 2 aromatic carbocycles. The van der Waals surface area contributed by atoms with Gasteiger partial charge in [0, 0.05) is 17.0 Å². The summed E-state index contributed by atoms with van der Waals surface area (Å²) in [5.74, 6) is 0. The molecule has 0 radical (unpaired) electrons. The van der Waals surface area contributed by atoms with Crippen molar-refractivity contribution < 1.29 is 0 Å². The van der Waals surface area contributed by atoms with E-state index in [1.165, 1.54) is 42.4 Å². The van der Waals surface area contributed by atoms with Crippen molar-refractivity contribution in [3.63, 3.8) is 0 Å². The van der Waals surface area contributed by atoms with Crippen molar-refractivity contribution in [2.75, 3.05) is 7.05 Å². The van der Waals surface area contributed by atoms with Gasteiger partial charge in [0.15, 0.2) is 0 Å². The van der Waals surface area contributed by atoms with Gasteiger partial charge in [-0.05, 0) is 75.8 Å². The van der Waals surface area contributed by atoms with Crippen LogP contribution in [0, 0.1) is 6.92 Å². The van der Waals surface area contributed by atoms with Gasteiger partial charge in [0.25, 0.3) is 0 Å².